The van der Waals surface area contributed by atoms with Crippen LogP contribution in [0.2, 0.25) is 0 Å². The molecule has 2 aliphatic heterocycles. The van der Waals surface area contributed by atoms with Crippen molar-refractivity contribution in [1.82, 2.24) is 30.0 Å². The monoisotopic (exact) mass is 509 g/mol. The number of hydrogen-bond acceptors (Lipinski definition) is 8. The summed E-state index contributed by atoms with van der Waals surface area (Å²) in [5.41, 5.74) is 2.44. The molecule has 1 unspecified atom stereocenters. The van der Waals surface area contributed by atoms with E-state index < -0.39 is 0 Å². The SMILES string of the molecule is Cc1csc2nc(Cc3cnn(C4CCOCC4)c3)nc(NC3CCC(N4CCNCC4C)CC3)c12. The molecule has 36 heavy (non-hydrogen) atoms. The fourth-order valence-corrected chi connectivity index (χ4v) is 7.20. The molecule has 0 radical (unpaired) electrons. The minimum absolute atomic E-state index is 0.437. The molecule has 0 bridgehead atoms. The summed E-state index contributed by atoms with van der Waals surface area (Å²) >= 11 is 1.72. The lowest BCUT2D eigenvalue weighted by Gasteiger charge is -2.43. The smallest absolute Gasteiger partial charge is 0.139 e. The van der Waals surface area contributed by atoms with Crippen molar-refractivity contribution in [3.05, 3.63) is 34.7 Å². The molecule has 2 N–H and O–H groups in total. The molecule has 0 amide bonds. The van der Waals surface area contributed by atoms with Gasteiger partial charge in [-0.3, -0.25) is 9.58 Å². The van der Waals surface area contributed by atoms with Crippen molar-refractivity contribution in [2.45, 2.75) is 83.0 Å². The number of hydrogen-bond donors (Lipinski definition) is 2. The quantitative estimate of drug-likeness (QED) is 0.517. The number of aromatic nitrogens is 4. The van der Waals surface area contributed by atoms with Gasteiger partial charge in [-0.15, -0.1) is 11.3 Å². The maximum atomic E-state index is 5.51. The van der Waals surface area contributed by atoms with E-state index in [0.717, 1.165) is 61.7 Å². The Morgan fingerprint density at radius 1 is 1.11 bits per heavy atom. The molecule has 3 aromatic heterocycles. The van der Waals surface area contributed by atoms with Crippen LogP contribution in [0.3, 0.4) is 0 Å². The van der Waals surface area contributed by atoms with E-state index in [1.807, 2.05) is 6.20 Å². The molecule has 9 heteroatoms. The first-order valence-electron chi connectivity index (χ1n) is 13.7. The number of rotatable bonds is 6. The summed E-state index contributed by atoms with van der Waals surface area (Å²) in [4.78, 5) is 13.8. The van der Waals surface area contributed by atoms with Crippen molar-refractivity contribution >= 4 is 27.4 Å². The van der Waals surface area contributed by atoms with E-state index in [4.69, 9.17) is 14.7 Å². The standard InChI is InChI=1S/C27H39N7OS/c1-18-17-36-27-25(18)26(30-21-3-5-22(6-4-21)33-10-9-28-14-19(33)2)31-24(32-27)13-20-15-29-34(16-20)23-7-11-35-12-8-23/h15-17,19,21-23,28H,3-14H2,1-2H3,(H,30,31,32). The van der Waals surface area contributed by atoms with Gasteiger partial charge >= 0.3 is 0 Å². The van der Waals surface area contributed by atoms with Gasteiger partial charge in [0.1, 0.15) is 16.5 Å². The molecule has 0 aromatic carbocycles. The average molecular weight is 510 g/mol. The van der Waals surface area contributed by atoms with Gasteiger partial charge in [0.25, 0.3) is 0 Å². The van der Waals surface area contributed by atoms with Gasteiger partial charge < -0.3 is 15.4 Å². The molecule has 2 saturated heterocycles. The van der Waals surface area contributed by atoms with Gasteiger partial charge in [-0.2, -0.15) is 5.10 Å². The molecule has 8 nitrogen and oxygen atoms in total. The number of aryl methyl sites for hydroxylation is 1. The van der Waals surface area contributed by atoms with Crippen LogP contribution >= 0.6 is 11.3 Å². The molecule has 3 aliphatic rings. The lowest BCUT2D eigenvalue weighted by molar-refractivity contribution is 0.0662. The second-order valence-electron chi connectivity index (χ2n) is 10.9. The summed E-state index contributed by atoms with van der Waals surface area (Å²) in [5, 5.41) is 15.4. The van der Waals surface area contributed by atoms with Crippen LogP contribution in [0.4, 0.5) is 5.82 Å². The number of thiophene rings is 1. The van der Waals surface area contributed by atoms with E-state index in [2.05, 4.69) is 50.7 Å². The largest absolute Gasteiger partial charge is 0.381 e. The van der Waals surface area contributed by atoms with E-state index in [1.54, 1.807) is 11.3 Å². The number of nitrogens with one attached hydrogen (secondary N) is 2. The van der Waals surface area contributed by atoms with Crippen LogP contribution in [-0.4, -0.2) is 75.6 Å². The van der Waals surface area contributed by atoms with E-state index >= 15 is 0 Å². The first kappa shape index (κ1) is 24.3. The molecule has 6 rings (SSSR count). The maximum absolute atomic E-state index is 5.51. The van der Waals surface area contributed by atoms with Gasteiger partial charge in [-0.25, -0.2) is 9.97 Å². The molecule has 3 aromatic rings. The zero-order chi connectivity index (χ0) is 24.5. The predicted octanol–water partition coefficient (Wildman–Crippen LogP) is 4.16. The summed E-state index contributed by atoms with van der Waals surface area (Å²) in [6.45, 7) is 9.60. The lowest BCUT2D eigenvalue weighted by Crippen LogP contribution is -2.55. The number of anilines is 1. The Balaban J connectivity index is 1.15. The van der Waals surface area contributed by atoms with Crippen LogP contribution in [0, 0.1) is 6.92 Å². The van der Waals surface area contributed by atoms with Gasteiger partial charge in [0.15, 0.2) is 0 Å². The highest BCUT2D eigenvalue weighted by Gasteiger charge is 2.30. The third kappa shape index (κ3) is 5.16. The van der Waals surface area contributed by atoms with Gasteiger partial charge in [-0.1, -0.05) is 0 Å². The second kappa shape index (κ2) is 10.7. The molecule has 5 heterocycles. The molecular formula is C27H39N7OS. The number of piperazine rings is 1. The highest BCUT2D eigenvalue weighted by atomic mass is 32.1. The molecular weight excluding hydrogens is 470 g/mol. The van der Waals surface area contributed by atoms with Gasteiger partial charge in [0.05, 0.1) is 17.6 Å². The van der Waals surface area contributed by atoms with Crippen molar-refractivity contribution in [3.8, 4) is 0 Å². The maximum Gasteiger partial charge on any atom is 0.139 e. The van der Waals surface area contributed by atoms with Crippen molar-refractivity contribution in [1.29, 1.82) is 0 Å². The minimum atomic E-state index is 0.437. The predicted molar refractivity (Wildman–Crippen MR) is 145 cm³/mol. The van der Waals surface area contributed by atoms with Crippen molar-refractivity contribution < 1.29 is 4.74 Å². The second-order valence-corrected chi connectivity index (χ2v) is 11.7. The Labute approximate surface area is 217 Å². The lowest BCUT2D eigenvalue weighted by atomic mass is 9.89. The van der Waals surface area contributed by atoms with Gasteiger partial charge in [0, 0.05) is 63.6 Å². The van der Waals surface area contributed by atoms with Crippen molar-refractivity contribution in [2.75, 3.05) is 38.2 Å². The fraction of sp³-hybridized carbons (Fsp3) is 0.667. The zero-order valence-corrected chi connectivity index (χ0v) is 22.4. The van der Waals surface area contributed by atoms with Gasteiger partial charge in [-0.05, 0) is 68.9 Å². The first-order valence-corrected chi connectivity index (χ1v) is 14.6. The van der Waals surface area contributed by atoms with Crippen LogP contribution in [0.25, 0.3) is 10.2 Å². The van der Waals surface area contributed by atoms with Crippen LogP contribution in [-0.2, 0) is 11.2 Å². The van der Waals surface area contributed by atoms with Crippen LogP contribution < -0.4 is 10.6 Å². The Bertz CT molecular complexity index is 1160. The zero-order valence-electron chi connectivity index (χ0n) is 21.6. The Morgan fingerprint density at radius 3 is 2.75 bits per heavy atom. The van der Waals surface area contributed by atoms with Gasteiger partial charge in [0.2, 0.25) is 0 Å². The third-order valence-corrected chi connectivity index (χ3v) is 9.30. The Hall–Kier alpha value is -2.07. The molecule has 1 atom stereocenters. The highest BCUT2D eigenvalue weighted by molar-refractivity contribution is 7.17. The third-order valence-electron chi connectivity index (χ3n) is 8.31. The van der Waals surface area contributed by atoms with Crippen LogP contribution in [0.5, 0.6) is 0 Å². The number of ether oxygens (including phenoxy) is 1. The number of nitrogens with zero attached hydrogens (tertiary/aromatic N) is 5. The summed E-state index contributed by atoms with van der Waals surface area (Å²) in [5.74, 6) is 1.89. The summed E-state index contributed by atoms with van der Waals surface area (Å²) in [6, 6.07) is 2.27. The normalized spacial score (nSPS) is 26.4. The minimum Gasteiger partial charge on any atom is -0.381 e. The topological polar surface area (TPSA) is 80.1 Å². The van der Waals surface area contributed by atoms with E-state index in [1.165, 1.54) is 48.7 Å². The van der Waals surface area contributed by atoms with E-state index in [0.29, 0.717) is 24.5 Å². The molecule has 0 spiro atoms. The molecule has 3 fully saturated rings. The number of fused-ring (bicyclic) bond motifs is 1. The summed E-state index contributed by atoms with van der Waals surface area (Å²) < 4.78 is 7.63. The van der Waals surface area contributed by atoms with Crippen molar-refractivity contribution in [3.63, 3.8) is 0 Å². The molecule has 1 aliphatic carbocycles. The summed E-state index contributed by atoms with van der Waals surface area (Å²) in [7, 11) is 0. The molecule has 1 saturated carbocycles. The van der Waals surface area contributed by atoms with E-state index in [-0.39, 0.29) is 0 Å². The van der Waals surface area contributed by atoms with Crippen LogP contribution in [0.15, 0.2) is 17.8 Å². The summed E-state index contributed by atoms with van der Waals surface area (Å²) in [6.07, 6.45) is 11.8. The Kier molecular flexibility index (Phi) is 7.24. The van der Waals surface area contributed by atoms with Crippen LogP contribution in [0.1, 0.15) is 68.4 Å². The molecule has 194 valence electrons. The van der Waals surface area contributed by atoms with Crippen molar-refractivity contribution in [2.24, 2.45) is 0 Å². The van der Waals surface area contributed by atoms with E-state index in [9.17, 15) is 0 Å². The average Bonchev–Trinajstić information content (AvgIpc) is 3.52. The Morgan fingerprint density at radius 2 is 1.94 bits per heavy atom. The fourth-order valence-electron chi connectivity index (χ4n) is 6.26. The first-order chi connectivity index (χ1) is 17.6. The highest BCUT2D eigenvalue weighted by Crippen LogP contribution is 2.33.